The highest BCUT2D eigenvalue weighted by Gasteiger charge is 2.35. The molecule has 0 bridgehead atoms. The molecule has 2 aromatic heterocycles. The van der Waals surface area contributed by atoms with Crippen LogP contribution in [-0.2, 0) is 13.1 Å². The zero-order chi connectivity index (χ0) is 25.2. The number of carbonyl (C=O) groups excluding carboxylic acids is 1. The van der Waals surface area contributed by atoms with Crippen molar-refractivity contribution in [2.45, 2.75) is 44.9 Å². The topological polar surface area (TPSA) is 86.3 Å². The molecule has 1 fully saturated rings. The van der Waals surface area contributed by atoms with Crippen molar-refractivity contribution in [3.63, 3.8) is 0 Å². The predicted octanol–water partition coefficient (Wildman–Crippen LogP) is 5.11. The average Bonchev–Trinajstić information content (AvgIpc) is 3.30. The monoisotopic (exact) mass is 527 g/mol. The summed E-state index contributed by atoms with van der Waals surface area (Å²) in [5.74, 6) is 0.659. The van der Waals surface area contributed by atoms with Crippen molar-refractivity contribution in [1.82, 2.24) is 24.8 Å². The van der Waals surface area contributed by atoms with Crippen LogP contribution in [0.3, 0.4) is 0 Å². The molecule has 11 heteroatoms. The van der Waals surface area contributed by atoms with E-state index < -0.39 is 5.82 Å². The zero-order valence-electron chi connectivity index (χ0n) is 20.0. The third-order valence-corrected chi connectivity index (χ3v) is 7.42. The summed E-state index contributed by atoms with van der Waals surface area (Å²) in [6, 6.07) is 8.56. The van der Waals surface area contributed by atoms with Gasteiger partial charge in [-0.15, -0.1) is 0 Å². The maximum Gasteiger partial charge on any atom is 0.254 e. The van der Waals surface area contributed by atoms with Crippen LogP contribution in [0.25, 0.3) is 0 Å². The molecule has 2 N–H and O–H groups in total. The molecule has 0 spiro atoms. The lowest BCUT2D eigenvalue weighted by atomic mass is 9.96. The summed E-state index contributed by atoms with van der Waals surface area (Å²) in [5, 5.41) is 3.13. The van der Waals surface area contributed by atoms with Crippen LogP contribution in [0.4, 0.5) is 21.8 Å². The molecule has 1 saturated heterocycles. The first-order valence-electron chi connectivity index (χ1n) is 11.8. The van der Waals surface area contributed by atoms with Gasteiger partial charge in [-0.3, -0.25) is 9.69 Å². The summed E-state index contributed by atoms with van der Waals surface area (Å²) in [5.41, 5.74) is 3.26. The van der Waals surface area contributed by atoms with Crippen LogP contribution in [0.1, 0.15) is 41.4 Å². The van der Waals surface area contributed by atoms with Gasteiger partial charge in [0.25, 0.3) is 5.91 Å². The maximum absolute atomic E-state index is 13.8. The Morgan fingerprint density at radius 2 is 2.08 bits per heavy atom. The van der Waals surface area contributed by atoms with E-state index in [0.717, 1.165) is 37.2 Å². The number of anilines is 3. The number of halogens is 2. The predicted molar refractivity (Wildman–Crippen MR) is 141 cm³/mol. The summed E-state index contributed by atoms with van der Waals surface area (Å²) in [4.78, 5) is 30.9. The van der Waals surface area contributed by atoms with Gasteiger partial charge in [0.05, 0.1) is 10.7 Å². The Balaban J connectivity index is 1.21. The van der Waals surface area contributed by atoms with Gasteiger partial charge in [-0.2, -0.15) is 0 Å². The van der Waals surface area contributed by atoms with Crippen molar-refractivity contribution in [3.8, 4) is 0 Å². The zero-order valence-corrected chi connectivity index (χ0v) is 21.6. The number of nitrogens with zero attached hydrogens (tertiary/aromatic N) is 5. The van der Waals surface area contributed by atoms with Gasteiger partial charge in [0.2, 0.25) is 5.95 Å². The Labute approximate surface area is 218 Å². The number of aromatic nitrogens is 3. The Hall–Kier alpha value is -2.95. The quantitative estimate of drug-likeness (QED) is 0.428. The molecule has 36 heavy (non-hydrogen) atoms. The Bertz CT molecular complexity index is 1280. The minimum absolute atomic E-state index is 0.0393. The van der Waals surface area contributed by atoms with Crippen LogP contribution < -0.4 is 10.0 Å². The lowest BCUT2D eigenvalue weighted by molar-refractivity contribution is 0.0460. The summed E-state index contributed by atoms with van der Waals surface area (Å²) in [7, 11) is 0. The summed E-state index contributed by atoms with van der Waals surface area (Å²) >= 11 is 7.21. The number of carbonyl (C=O) groups is 1. The second kappa shape index (κ2) is 10.6. The number of amides is 1. The van der Waals surface area contributed by atoms with Gasteiger partial charge in [0.1, 0.15) is 11.6 Å². The van der Waals surface area contributed by atoms with Crippen molar-refractivity contribution in [2.75, 3.05) is 22.8 Å². The Kier molecular flexibility index (Phi) is 7.27. The minimum Gasteiger partial charge on any atom is -0.336 e. The summed E-state index contributed by atoms with van der Waals surface area (Å²) in [6.45, 7) is 4.32. The number of piperidine rings is 1. The molecule has 2 aliphatic rings. The minimum atomic E-state index is -0.492. The fourth-order valence-corrected chi connectivity index (χ4v) is 5.31. The van der Waals surface area contributed by atoms with Crippen LogP contribution >= 0.6 is 23.5 Å². The molecule has 0 radical (unpaired) electrons. The van der Waals surface area contributed by atoms with Gasteiger partial charge in [0.15, 0.2) is 0 Å². The second-order valence-corrected chi connectivity index (χ2v) is 10.1. The van der Waals surface area contributed by atoms with Gasteiger partial charge < -0.3 is 14.9 Å². The number of benzene rings is 1. The lowest BCUT2D eigenvalue weighted by Gasteiger charge is -2.41. The highest BCUT2D eigenvalue weighted by atomic mass is 35.5. The SMILES string of the molecule is CSNc1cc(C(=O)N2CC[C@H](N3Cc4cnc(Nc5ccc(Cl)c(F)c5)nc4C3)C[C@H]2C)ccn1. The molecule has 3 aromatic rings. The van der Waals surface area contributed by atoms with E-state index >= 15 is 0 Å². The smallest absolute Gasteiger partial charge is 0.254 e. The van der Waals surface area contributed by atoms with Crippen LogP contribution in [-0.4, -0.2) is 55.5 Å². The van der Waals surface area contributed by atoms with E-state index in [1.807, 2.05) is 17.4 Å². The first kappa shape index (κ1) is 24.7. The molecular formula is C25H27ClFN7OS. The van der Waals surface area contributed by atoms with E-state index in [-0.39, 0.29) is 17.0 Å². The van der Waals surface area contributed by atoms with Crippen LogP contribution in [0, 0.1) is 5.82 Å². The number of hydrogen-bond acceptors (Lipinski definition) is 8. The van der Waals surface area contributed by atoms with E-state index in [0.29, 0.717) is 35.6 Å². The van der Waals surface area contributed by atoms with Crippen LogP contribution in [0.15, 0.2) is 42.7 Å². The summed E-state index contributed by atoms with van der Waals surface area (Å²) in [6.07, 6.45) is 7.21. The number of fused-ring (bicyclic) bond motifs is 1. The molecule has 0 saturated carbocycles. The van der Waals surface area contributed by atoms with Gasteiger partial charge >= 0.3 is 0 Å². The molecule has 0 unspecified atom stereocenters. The maximum atomic E-state index is 13.8. The third kappa shape index (κ3) is 5.25. The number of hydrogen-bond donors (Lipinski definition) is 2. The van der Waals surface area contributed by atoms with Crippen LogP contribution in [0.5, 0.6) is 0 Å². The van der Waals surface area contributed by atoms with E-state index in [1.54, 1.807) is 24.4 Å². The number of pyridine rings is 1. The lowest BCUT2D eigenvalue weighted by Crippen LogP contribution is -2.50. The fraction of sp³-hybridized carbons (Fsp3) is 0.360. The van der Waals surface area contributed by atoms with Crippen molar-refractivity contribution < 1.29 is 9.18 Å². The van der Waals surface area contributed by atoms with Crippen LogP contribution in [0.2, 0.25) is 5.02 Å². The molecular weight excluding hydrogens is 501 g/mol. The normalized spacial score (nSPS) is 19.7. The van der Waals surface area contributed by atoms with E-state index in [9.17, 15) is 9.18 Å². The first-order chi connectivity index (χ1) is 17.4. The van der Waals surface area contributed by atoms with Gasteiger partial charge in [-0.1, -0.05) is 23.5 Å². The average molecular weight is 528 g/mol. The van der Waals surface area contributed by atoms with E-state index in [4.69, 9.17) is 11.6 Å². The number of likely N-dealkylation sites (tertiary alicyclic amines) is 1. The third-order valence-electron chi connectivity index (χ3n) is 6.70. The van der Waals surface area contributed by atoms with Crippen molar-refractivity contribution in [1.29, 1.82) is 0 Å². The highest BCUT2D eigenvalue weighted by molar-refractivity contribution is 7.99. The second-order valence-electron chi connectivity index (χ2n) is 9.09. The van der Waals surface area contributed by atoms with Gasteiger partial charge in [-0.05, 0) is 50.1 Å². The molecule has 5 rings (SSSR count). The standard InChI is InChI=1S/C25H27ClFN7OS/c1-15-9-19(6-8-34(15)24(35)16-5-7-28-23(10-16)32-36-2)33-13-17-12-29-25(31-22(17)14-33)30-18-3-4-20(26)21(27)11-18/h3-5,7,10-12,15,19H,6,8-9,13-14H2,1-2H3,(H,28,32)(H,29,30,31)/t15-,19+/m1/s1. The van der Waals surface area contributed by atoms with Crippen molar-refractivity contribution in [3.05, 3.63) is 70.4 Å². The molecule has 1 amide bonds. The Morgan fingerprint density at radius 3 is 2.86 bits per heavy atom. The first-order valence-corrected chi connectivity index (χ1v) is 13.4. The number of rotatable bonds is 6. The molecule has 4 heterocycles. The van der Waals surface area contributed by atoms with E-state index in [2.05, 4.69) is 36.8 Å². The number of nitrogens with one attached hydrogen (secondary N) is 2. The largest absolute Gasteiger partial charge is 0.336 e. The fourth-order valence-electron chi connectivity index (χ4n) is 4.87. The summed E-state index contributed by atoms with van der Waals surface area (Å²) < 4.78 is 16.8. The molecule has 0 aliphatic carbocycles. The molecule has 2 aliphatic heterocycles. The Morgan fingerprint density at radius 1 is 1.22 bits per heavy atom. The van der Waals surface area contributed by atoms with Gasteiger partial charge in [0, 0.05) is 67.2 Å². The van der Waals surface area contributed by atoms with Gasteiger partial charge in [-0.25, -0.2) is 19.3 Å². The van der Waals surface area contributed by atoms with Crippen molar-refractivity contribution in [2.24, 2.45) is 0 Å². The molecule has 1 aromatic carbocycles. The molecule has 2 atom stereocenters. The highest BCUT2D eigenvalue weighted by Crippen LogP contribution is 2.31. The van der Waals surface area contributed by atoms with E-state index in [1.165, 1.54) is 24.1 Å². The molecule has 8 nitrogen and oxygen atoms in total. The molecule has 188 valence electrons. The van der Waals surface area contributed by atoms with Crippen molar-refractivity contribution >= 4 is 46.9 Å².